The molecule has 2 fully saturated rings. The van der Waals surface area contributed by atoms with Crippen LogP contribution in [-0.2, 0) is 17.8 Å². The quantitative estimate of drug-likeness (QED) is 0.746. The maximum atomic E-state index is 12.5. The lowest BCUT2D eigenvalue weighted by atomic mass is 9.55. The molecular formula is C26H29NO3. The average Bonchev–Trinajstić information content (AvgIpc) is 3.07. The van der Waals surface area contributed by atoms with E-state index in [1.54, 1.807) is 0 Å². The maximum Gasteiger partial charge on any atom is 0.412 e. The zero-order valence-electron chi connectivity index (χ0n) is 17.5. The molecule has 0 bridgehead atoms. The van der Waals surface area contributed by atoms with Crippen LogP contribution in [0, 0.1) is 17.3 Å². The number of ketones is 1. The van der Waals surface area contributed by atoms with Crippen LogP contribution in [0.25, 0.3) is 0 Å². The number of rotatable bonds is 3. The van der Waals surface area contributed by atoms with Crippen LogP contribution >= 0.6 is 0 Å². The van der Waals surface area contributed by atoms with E-state index in [1.807, 2.05) is 42.5 Å². The Morgan fingerprint density at radius 3 is 2.77 bits per heavy atom. The van der Waals surface area contributed by atoms with Gasteiger partial charge in [0.25, 0.3) is 0 Å². The molecular weight excluding hydrogens is 374 g/mol. The molecule has 5 rings (SSSR count). The van der Waals surface area contributed by atoms with Crippen molar-refractivity contribution in [2.45, 2.75) is 57.9 Å². The van der Waals surface area contributed by atoms with E-state index < -0.39 is 6.09 Å². The highest BCUT2D eigenvalue weighted by Gasteiger charge is 2.54. The topological polar surface area (TPSA) is 55.4 Å². The molecule has 4 nitrogen and oxygen atoms in total. The van der Waals surface area contributed by atoms with Crippen LogP contribution in [0.2, 0.25) is 0 Å². The molecule has 2 aromatic carbocycles. The van der Waals surface area contributed by atoms with E-state index in [2.05, 4.69) is 18.3 Å². The second kappa shape index (κ2) is 7.57. The van der Waals surface area contributed by atoms with Crippen molar-refractivity contribution < 1.29 is 14.3 Å². The second-order valence-electron chi connectivity index (χ2n) is 9.42. The van der Waals surface area contributed by atoms with Gasteiger partial charge in [0.05, 0.1) is 0 Å². The van der Waals surface area contributed by atoms with Crippen molar-refractivity contribution in [3.8, 4) is 5.75 Å². The first-order chi connectivity index (χ1) is 14.5. The lowest BCUT2D eigenvalue weighted by molar-refractivity contribution is -0.129. The molecule has 30 heavy (non-hydrogen) atoms. The molecule has 1 N–H and O–H groups in total. The summed E-state index contributed by atoms with van der Waals surface area (Å²) in [4.78, 5) is 24.7. The summed E-state index contributed by atoms with van der Waals surface area (Å²) in [7, 11) is 0. The molecule has 0 heterocycles. The Kier molecular flexibility index (Phi) is 4.88. The van der Waals surface area contributed by atoms with Crippen LogP contribution in [0.4, 0.5) is 4.79 Å². The lowest BCUT2D eigenvalue weighted by Gasteiger charge is -2.48. The average molecular weight is 404 g/mol. The van der Waals surface area contributed by atoms with Crippen molar-refractivity contribution in [2.24, 2.45) is 17.3 Å². The van der Waals surface area contributed by atoms with Crippen molar-refractivity contribution in [3.05, 3.63) is 65.2 Å². The van der Waals surface area contributed by atoms with Crippen molar-refractivity contribution in [3.63, 3.8) is 0 Å². The Morgan fingerprint density at radius 1 is 1.10 bits per heavy atom. The molecule has 0 unspecified atom stereocenters. The monoisotopic (exact) mass is 403 g/mol. The third-order valence-electron chi connectivity index (χ3n) is 7.90. The maximum absolute atomic E-state index is 12.5. The molecule has 3 aliphatic carbocycles. The minimum absolute atomic E-state index is 0.0848. The van der Waals surface area contributed by atoms with Gasteiger partial charge in [0.1, 0.15) is 11.5 Å². The fraction of sp³-hybridized carbons (Fsp3) is 0.462. The number of amides is 1. The zero-order chi connectivity index (χ0) is 20.7. The molecule has 0 spiro atoms. The van der Waals surface area contributed by atoms with Gasteiger partial charge >= 0.3 is 6.09 Å². The van der Waals surface area contributed by atoms with Gasteiger partial charge in [-0.25, -0.2) is 4.79 Å². The van der Waals surface area contributed by atoms with E-state index in [0.717, 1.165) is 44.1 Å². The summed E-state index contributed by atoms with van der Waals surface area (Å²) in [6.45, 7) is 2.66. The molecule has 4 heteroatoms. The van der Waals surface area contributed by atoms with Crippen molar-refractivity contribution in [2.75, 3.05) is 0 Å². The number of carbonyl (C=O) groups excluding carboxylic acids is 2. The van der Waals surface area contributed by atoms with Crippen molar-refractivity contribution >= 4 is 11.9 Å². The van der Waals surface area contributed by atoms with Gasteiger partial charge in [-0.3, -0.25) is 4.79 Å². The molecule has 2 aromatic rings. The van der Waals surface area contributed by atoms with Gasteiger partial charge in [-0.15, -0.1) is 0 Å². The summed E-state index contributed by atoms with van der Waals surface area (Å²) >= 11 is 0. The van der Waals surface area contributed by atoms with Gasteiger partial charge in [-0.05, 0) is 78.7 Å². The van der Waals surface area contributed by atoms with Gasteiger partial charge in [-0.2, -0.15) is 0 Å². The Morgan fingerprint density at radius 2 is 1.93 bits per heavy atom. The van der Waals surface area contributed by atoms with Crippen molar-refractivity contribution in [1.82, 2.24) is 5.32 Å². The predicted octanol–water partition coefficient (Wildman–Crippen LogP) is 5.40. The van der Waals surface area contributed by atoms with Gasteiger partial charge < -0.3 is 10.1 Å². The molecule has 4 atom stereocenters. The van der Waals surface area contributed by atoms with E-state index in [4.69, 9.17) is 4.74 Å². The standard InChI is InChI=1S/C26H29NO3/c1-26-14-13-21-20-10-8-19(30-25(29)27-16-17-5-3-2-4-6-17)15-18(20)7-9-22(21)23(26)11-12-24(26)28/h2-6,8,10,15,21-23H,7,9,11-14,16H2,1H3,(H,27,29)/t21-,22-,23+,26+/m1/s1. The number of nitrogens with one attached hydrogen (secondary N) is 1. The number of hydrogen-bond acceptors (Lipinski definition) is 3. The van der Waals surface area contributed by atoms with Crippen LogP contribution in [0.5, 0.6) is 5.75 Å². The minimum Gasteiger partial charge on any atom is -0.410 e. The van der Waals surface area contributed by atoms with E-state index in [-0.39, 0.29) is 5.41 Å². The normalized spacial score (nSPS) is 29.5. The summed E-state index contributed by atoms with van der Waals surface area (Å²) < 4.78 is 5.54. The third kappa shape index (κ3) is 3.32. The highest BCUT2D eigenvalue weighted by atomic mass is 16.6. The number of aryl methyl sites for hydroxylation is 1. The fourth-order valence-corrected chi connectivity index (χ4v) is 6.31. The molecule has 0 radical (unpaired) electrons. The fourth-order valence-electron chi connectivity index (χ4n) is 6.31. The second-order valence-corrected chi connectivity index (χ2v) is 9.42. The Labute approximate surface area is 178 Å². The molecule has 3 aliphatic rings. The lowest BCUT2D eigenvalue weighted by Crippen LogP contribution is -2.42. The van der Waals surface area contributed by atoms with Gasteiger partial charge in [0.15, 0.2) is 0 Å². The highest BCUT2D eigenvalue weighted by Crippen LogP contribution is 2.59. The Bertz CT molecular complexity index is 969. The summed E-state index contributed by atoms with van der Waals surface area (Å²) in [6, 6.07) is 15.9. The van der Waals surface area contributed by atoms with Crippen LogP contribution < -0.4 is 10.1 Å². The first-order valence-electron chi connectivity index (χ1n) is 11.2. The Balaban J connectivity index is 1.27. The Hall–Kier alpha value is -2.62. The molecule has 2 saturated carbocycles. The van der Waals surface area contributed by atoms with E-state index in [9.17, 15) is 9.59 Å². The van der Waals surface area contributed by atoms with E-state index in [0.29, 0.717) is 35.8 Å². The largest absolute Gasteiger partial charge is 0.412 e. The smallest absolute Gasteiger partial charge is 0.410 e. The van der Waals surface area contributed by atoms with Crippen LogP contribution in [0.15, 0.2) is 48.5 Å². The van der Waals surface area contributed by atoms with Crippen LogP contribution in [0.3, 0.4) is 0 Å². The van der Waals surface area contributed by atoms with Gasteiger partial charge in [-0.1, -0.05) is 43.3 Å². The molecule has 0 aliphatic heterocycles. The summed E-state index contributed by atoms with van der Waals surface area (Å²) in [6.07, 6.45) is 5.64. The molecule has 0 aromatic heterocycles. The number of fused-ring (bicyclic) bond motifs is 5. The van der Waals surface area contributed by atoms with Crippen LogP contribution in [0.1, 0.15) is 61.6 Å². The minimum atomic E-state index is -0.426. The van der Waals surface area contributed by atoms with Gasteiger partial charge in [0, 0.05) is 18.4 Å². The summed E-state index contributed by atoms with van der Waals surface area (Å²) in [5, 5.41) is 2.81. The summed E-state index contributed by atoms with van der Waals surface area (Å²) in [5.74, 6) is 2.79. The SMILES string of the molecule is C[C@]12CC[C@@H]3c4ccc(OC(=O)NCc5ccccc5)cc4CC[C@H]3[C@@H]1CCC2=O. The number of benzene rings is 2. The third-order valence-corrected chi connectivity index (χ3v) is 7.90. The number of Topliss-reactive ketones (excluding diaryl/α,β-unsaturated/α-hetero) is 1. The first kappa shape index (κ1) is 19.3. The van der Waals surface area contributed by atoms with Gasteiger partial charge in [0.2, 0.25) is 0 Å². The van der Waals surface area contributed by atoms with E-state index in [1.165, 1.54) is 11.1 Å². The molecule has 0 saturated heterocycles. The zero-order valence-corrected chi connectivity index (χ0v) is 17.5. The van der Waals surface area contributed by atoms with Crippen molar-refractivity contribution in [1.29, 1.82) is 0 Å². The molecule has 1 amide bonds. The number of carbonyl (C=O) groups is 2. The first-order valence-corrected chi connectivity index (χ1v) is 11.2. The number of hydrogen-bond donors (Lipinski definition) is 1. The summed E-state index contributed by atoms with van der Waals surface area (Å²) in [5.41, 5.74) is 3.67. The highest BCUT2D eigenvalue weighted by molar-refractivity contribution is 5.87. The number of ether oxygens (including phenoxy) is 1. The molecule has 156 valence electrons. The van der Waals surface area contributed by atoms with E-state index >= 15 is 0 Å². The predicted molar refractivity (Wildman–Crippen MR) is 115 cm³/mol. The van der Waals surface area contributed by atoms with Crippen LogP contribution in [-0.4, -0.2) is 11.9 Å².